The molecular formula is C26H30N6O2. The third-order valence-corrected chi connectivity index (χ3v) is 6.40. The Morgan fingerprint density at radius 1 is 1.12 bits per heavy atom. The number of nitrogens with zero attached hydrogens (tertiary/aromatic N) is 5. The van der Waals surface area contributed by atoms with E-state index in [1.54, 1.807) is 0 Å². The maximum atomic E-state index is 13.0. The SMILES string of the molecule is Cc1cc(C)c2cc(CN(Cc3ccccc3)Cc3nnnn3C[C@H]3CCCO3)c(=O)[nH]c2c1. The first-order valence-corrected chi connectivity index (χ1v) is 11.8. The van der Waals surface area contributed by atoms with Crippen LogP contribution < -0.4 is 5.56 Å². The molecule has 3 heterocycles. The predicted octanol–water partition coefficient (Wildman–Crippen LogP) is 3.51. The molecule has 1 aliphatic heterocycles. The fourth-order valence-electron chi connectivity index (χ4n) is 4.74. The van der Waals surface area contributed by atoms with E-state index in [9.17, 15) is 4.79 Å². The van der Waals surface area contributed by atoms with Gasteiger partial charge in [-0.25, -0.2) is 4.68 Å². The molecule has 2 aromatic heterocycles. The highest BCUT2D eigenvalue weighted by molar-refractivity contribution is 5.83. The van der Waals surface area contributed by atoms with Gasteiger partial charge in [-0.05, 0) is 65.9 Å². The Balaban J connectivity index is 1.43. The molecule has 2 aromatic carbocycles. The summed E-state index contributed by atoms with van der Waals surface area (Å²) in [5.41, 5.74) is 5.01. The van der Waals surface area contributed by atoms with E-state index >= 15 is 0 Å². The number of hydrogen-bond donors (Lipinski definition) is 1. The van der Waals surface area contributed by atoms with Gasteiger partial charge in [0.15, 0.2) is 5.82 Å². The first-order chi connectivity index (χ1) is 16.5. The molecule has 0 unspecified atom stereocenters. The van der Waals surface area contributed by atoms with Crippen molar-refractivity contribution in [1.29, 1.82) is 0 Å². The standard InChI is InChI=1S/C26H30N6O2/c1-18-11-19(2)23-13-21(26(33)27-24(23)12-18)15-31(14-20-7-4-3-5-8-20)17-25-28-29-30-32(25)16-22-9-6-10-34-22/h3-5,7-8,11-13,22H,6,9-10,14-17H2,1-2H3,(H,27,33)/t22-/m1/s1. The van der Waals surface area contributed by atoms with Crippen LogP contribution in [0.4, 0.5) is 0 Å². The van der Waals surface area contributed by atoms with Gasteiger partial charge in [0.2, 0.25) is 0 Å². The van der Waals surface area contributed by atoms with Crippen molar-refractivity contribution in [3.63, 3.8) is 0 Å². The molecule has 0 radical (unpaired) electrons. The molecule has 0 amide bonds. The highest BCUT2D eigenvalue weighted by Crippen LogP contribution is 2.20. The van der Waals surface area contributed by atoms with E-state index in [0.29, 0.717) is 26.2 Å². The molecular weight excluding hydrogens is 428 g/mol. The number of ether oxygens (including phenoxy) is 1. The number of benzene rings is 2. The van der Waals surface area contributed by atoms with Crippen LogP contribution in [0.2, 0.25) is 0 Å². The molecule has 176 valence electrons. The summed E-state index contributed by atoms with van der Waals surface area (Å²) in [5, 5.41) is 13.5. The highest BCUT2D eigenvalue weighted by Gasteiger charge is 2.21. The Morgan fingerprint density at radius 2 is 1.97 bits per heavy atom. The average molecular weight is 459 g/mol. The van der Waals surface area contributed by atoms with Crippen LogP contribution >= 0.6 is 0 Å². The van der Waals surface area contributed by atoms with Gasteiger partial charge in [0, 0.05) is 36.2 Å². The number of hydrogen-bond acceptors (Lipinski definition) is 6. The van der Waals surface area contributed by atoms with Gasteiger partial charge in [-0.1, -0.05) is 36.4 Å². The van der Waals surface area contributed by atoms with Crippen molar-refractivity contribution in [2.45, 2.75) is 59.0 Å². The maximum Gasteiger partial charge on any atom is 0.252 e. The largest absolute Gasteiger partial charge is 0.376 e. The minimum Gasteiger partial charge on any atom is -0.376 e. The Morgan fingerprint density at radius 3 is 2.76 bits per heavy atom. The second-order valence-corrected chi connectivity index (χ2v) is 9.21. The molecule has 0 bridgehead atoms. The molecule has 0 aliphatic carbocycles. The van der Waals surface area contributed by atoms with Crippen LogP contribution in [0.1, 0.15) is 40.9 Å². The Hall–Kier alpha value is -3.36. The molecule has 0 spiro atoms. The number of aromatic nitrogens is 5. The van der Waals surface area contributed by atoms with Crippen molar-refractivity contribution in [3.05, 3.63) is 87.0 Å². The first-order valence-electron chi connectivity index (χ1n) is 11.8. The topological polar surface area (TPSA) is 88.9 Å². The van der Waals surface area contributed by atoms with Gasteiger partial charge in [-0.2, -0.15) is 0 Å². The van der Waals surface area contributed by atoms with Crippen LogP contribution in [0, 0.1) is 13.8 Å². The molecule has 4 aromatic rings. The summed E-state index contributed by atoms with van der Waals surface area (Å²) in [5.74, 6) is 0.774. The summed E-state index contributed by atoms with van der Waals surface area (Å²) < 4.78 is 7.62. The zero-order valence-corrected chi connectivity index (χ0v) is 19.7. The third kappa shape index (κ3) is 5.08. The van der Waals surface area contributed by atoms with E-state index in [1.807, 2.05) is 41.9 Å². The van der Waals surface area contributed by atoms with Gasteiger partial charge in [0.25, 0.3) is 5.56 Å². The van der Waals surface area contributed by atoms with Gasteiger partial charge in [0.1, 0.15) is 0 Å². The summed E-state index contributed by atoms with van der Waals surface area (Å²) >= 11 is 0. The minimum atomic E-state index is -0.0606. The van der Waals surface area contributed by atoms with Crippen LogP contribution in [0.5, 0.6) is 0 Å². The highest BCUT2D eigenvalue weighted by atomic mass is 16.5. The van der Waals surface area contributed by atoms with Crippen LogP contribution in [0.15, 0.2) is 53.3 Å². The van der Waals surface area contributed by atoms with Crippen molar-refractivity contribution >= 4 is 10.9 Å². The quantitative estimate of drug-likeness (QED) is 0.435. The lowest BCUT2D eigenvalue weighted by Crippen LogP contribution is -2.29. The smallest absolute Gasteiger partial charge is 0.252 e. The summed E-state index contributed by atoms with van der Waals surface area (Å²) in [6, 6.07) is 16.5. The van der Waals surface area contributed by atoms with Crippen molar-refractivity contribution in [1.82, 2.24) is 30.1 Å². The number of pyridine rings is 1. The number of rotatable bonds is 8. The van der Waals surface area contributed by atoms with Gasteiger partial charge < -0.3 is 9.72 Å². The average Bonchev–Trinajstić information content (AvgIpc) is 3.48. The Kier molecular flexibility index (Phi) is 6.51. The molecule has 1 N–H and O–H groups in total. The van der Waals surface area contributed by atoms with Crippen LogP contribution in [0.25, 0.3) is 10.9 Å². The molecule has 8 heteroatoms. The number of H-pyrrole nitrogens is 1. The molecule has 1 fully saturated rings. The number of fused-ring (bicyclic) bond motifs is 1. The lowest BCUT2D eigenvalue weighted by molar-refractivity contribution is 0.0914. The summed E-state index contributed by atoms with van der Waals surface area (Å²) in [6.07, 6.45) is 2.25. The first kappa shape index (κ1) is 22.4. The molecule has 0 saturated carbocycles. The van der Waals surface area contributed by atoms with Crippen molar-refractivity contribution < 1.29 is 4.74 Å². The van der Waals surface area contributed by atoms with Crippen LogP contribution in [-0.2, 0) is 30.9 Å². The van der Waals surface area contributed by atoms with Crippen molar-refractivity contribution in [2.24, 2.45) is 0 Å². The molecule has 34 heavy (non-hydrogen) atoms. The Labute approximate surface area is 198 Å². The summed E-state index contributed by atoms with van der Waals surface area (Å²) in [4.78, 5) is 18.3. The molecule has 5 rings (SSSR count). The molecule has 8 nitrogen and oxygen atoms in total. The lowest BCUT2D eigenvalue weighted by Gasteiger charge is -2.22. The number of nitrogens with one attached hydrogen (secondary N) is 1. The van der Waals surface area contributed by atoms with Crippen LogP contribution in [0.3, 0.4) is 0 Å². The maximum absolute atomic E-state index is 13.0. The molecule has 1 aliphatic rings. The monoisotopic (exact) mass is 458 g/mol. The van der Waals surface area contributed by atoms with E-state index in [1.165, 1.54) is 5.56 Å². The molecule has 1 saturated heterocycles. The van der Waals surface area contributed by atoms with Crippen molar-refractivity contribution in [2.75, 3.05) is 6.61 Å². The second-order valence-electron chi connectivity index (χ2n) is 9.21. The van der Waals surface area contributed by atoms with Crippen LogP contribution in [-0.4, -0.2) is 42.8 Å². The fourth-order valence-corrected chi connectivity index (χ4v) is 4.74. The zero-order valence-electron chi connectivity index (χ0n) is 19.7. The van der Waals surface area contributed by atoms with Gasteiger partial charge in [0.05, 0.1) is 19.2 Å². The summed E-state index contributed by atoms with van der Waals surface area (Å²) in [7, 11) is 0. The lowest BCUT2D eigenvalue weighted by atomic mass is 10.0. The van der Waals surface area contributed by atoms with E-state index in [2.05, 4.69) is 50.5 Å². The van der Waals surface area contributed by atoms with E-state index in [4.69, 9.17) is 4.74 Å². The minimum absolute atomic E-state index is 0.0606. The number of tetrazole rings is 1. The van der Waals surface area contributed by atoms with Crippen molar-refractivity contribution in [3.8, 4) is 0 Å². The summed E-state index contributed by atoms with van der Waals surface area (Å²) in [6.45, 7) is 7.26. The predicted molar refractivity (Wildman–Crippen MR) is 130 cm³/mol. The van der Waals surface area contributed by atoms with E-state index in [0.717, 1.165) is 52.9 Å². The number of aromatic amines is 1. The van der Waals surface area contributed by atoms with Gasteiger partial charge in [-0.3, -0.25) is 9.69 Å². The zero-order chi connectivity index (χ0) is 23.5. The van der Waals surface area contributed by atoms with E-state index < -0.39 is 0 Å². The fraction of sp³-hybridized carbons (Fsp3) is 0.385. The van der Waals surface area contributed by atoms with E-state index in [-0.39, 0.29) is 11.7 Å². The normalized spacial score (nSPS) is 16.0. The molecule has 1 atom stereocenters. The Bertz CT molecular complexity index is 1320. The van der Waals surface area contributed by atoms with Gasteiger partial charge in [-0.15, -0.1) is 5.10 Å². The second kappa shape index (κ2) is 9.87. The van der Waals surface area contributed by atoms with Gasteiger partial charge >= 0.3 is 0 Å². The number of aryl methyl sites for hydroxylation is 2. The third-order valence-electron chi connectivity index (χ3n) is 6.40.